The number of halogens is 1. The highest BCUT2D eigenvalue weighted by atomic mass is 79.9. The molecule has 0 aliphatic rings. The molecular weight excluding hydrogens is 286 g/mol. The van der Waals surface area contributed by atoms with E-state index in [9.17, 15) is 4.79 Å². The van der Waals surface area contributed by atoms with Crippen molar-refractivity contribution >= 4 is 21.8 Å². The minimum Gasteiger partial charge on any atom is -0.358 e. The topological polar surface area (TPSA) is 72.7 Å². The Morgan fingerprint density at radius 3 is 2.94 bits per heavy atom. The molecule has 2 rings (SSSR count). The molecule has 1 aromatic heterocycles. The quantitative estimate of drug-likeness (QED) is 0.911. The predicted octanol–water partition coefficient (Wildman–Crippen LogP) is 0.849. The third-order valence-electron chi connectivity index (χ3n) is 2.13. The van der Waals surface area contributed by atoms with E-state index >= 15 is 0 Å². The average molecular weight is 296 g/mol. The summed E-state index contributed by atoms with van der Waals surface area (Å²) < 4.78 is 0.888. The van der Waals surface area contributed by atoms with Gasteiger partial charge < -0.3 is 5.32 Å². The number of tetrazole rings is 1. The van der Waals surface area contributed by atoms with Crippen LogP contribution >= 0.6 is 15.9 Å². The summed E-state index contributed by atoms with van der Waals surface area (Å²) in [4.78, 5) is 12.4. The summed E-state index contributed by atoms with van der Waals surface area (Å²) in [6.07, 6.45) is 0. The molecule has 1 aromatic carbocycles. The molecule has 0 aliphatic heterocycles. The fourth-order valence-corrected chi connectivity index (χ4v) is 1.73. The maximum absolute atomic E-state index is 11.1. The number of rotatable bonds is 3. The van der Waals surface area contributed by atoms with Crippen LogP contribution in [0.3, 0.4) is 0 Å². The van der Waals surface area contributed by atoms with Crippen LogP contribution in [-0.4, -0.2) is 33.2 Å². The van der Waals surface area contributed by atoms with Gasteiger partial charge in [0.15, 0.2) is 0 Å². The highest BCUT2D eigenvalue weighted by Crippen LogP contribution is 2.23. The van der Waals surface area contributed by atoms with E-state index in [0.717, 1.165) is 10.0 Å². The highest BCUT2D eigenvalue weighted by Gasteiger charge is 2.10. The third kappa shape index (κ3) is 2.68. The lowest BCUT2D eigenvalue weighted by molar-refractivity contribution is -0.121. The van der Waals surface area contributed by atoms with E-state index in [1.165, 1.54) is 4.80 Å². The van der Waals surface area contributed by atoms with Crippen molar-refractivity contribution < 1.29 is 4.79 Å². The van der Waals surface area contributed by atoms with Crippen molar-refractivity contribution in [2.45, 2.75) is 6.54 Å². The second kappa shape index (κ2) is 5.05. The summed E-state index contributed by atoms with van der Waals surface area (Å²) in [5.41, 5.74) is 0.843. The molecule has 1 amide bonds. The van der Waals surface area contributed by atoms with E-state index in [0.29, 0.717) is 5.82 Å². The first-order valence-corrected chi connectivity index (χ1v) is 5.73. The van der Waals surface area contributed by atoms with Gasteiger partial charge in [0.2, 0.25) is 11.7 Å². The molecule has 1 heterocycles. The van der Waals surface area contributed by atoms with E-state index in [4.69, 9.17) is 0 Å². The second-order valence-electron chi connectivity index (χ2n) is 3.30. The largest absolute Gasteiger partial charge is 0.358 e. The van der Waals surface area contributed by atoms with Crippen LogP contribution < -0.4 is 5.32 Å². The van der Waals surface area contributed by atoms with E-state index < -0.39 is 0 Å². The number of carbonyl (C=O) groups is 1. The van der Waals surface area contributed by atoms with Gasteiger partial charge in [-0.1, -0.05) is 28.1 Å². The fourth-order valence-electron chi connectivity index (χ4n) is 1.27. The standard InChI is InChI=1S/C10H10BrN5O/c1-12-9(17)6-16-14-10(13-15-16)7-4-2-3-5-8(7)11/h2-5H,6H2,1H3,(H,12,17). The summed E-state index contributed by atoms with van der Waals surface area (Å²) in [7, 11) is 1.56. The van der Waals surface area contributed by atoms with Crippen molar-refractivity contribution in [3.8, 4) is 11.4 Å². The first-order valence-electron chi connectivity index (χ1n) is 4.94. The maximum Gasteiger partial charge on any atom is 0.243 e. The summed E-state index contributed by atoms with van der Waals surface area (Å²) in [5, 5.41) is 14.4. The lowest BCUT2D eigenvalue weighted by atomic mass is 10.2. The highest BCUT2D eigenvalue weighted by molar-refractivity contribution is 9.10. The molecule has 0 fully saturated rings. The van der Waals surface area contributed by atoms with Crippen molar-refractivity contribution in [1.29, 1.82) is 0 Å². The molecule has 88 valence electrons. The molecule has 0 atom stereocenters. The summed E-state index contributed by atoms with van der Waals surface area (Å²) in [5.74, 6) is 0.322. The third-order valence-corrected chi connectivity index (χ3v) is 2.82. The number of amides is 1. The molecule has 17 heavy (non-hydrogen) atoms. The number of aromatic nitrogens is 4. The lowest BCUT2D eigenvalue weighted by Gasteiger charge is -1.98. The van der Waals surface area contributed by atoms with Gasteiger partial charge in [-0.2, -0.15) is 4.80 Å². The van der Waals surface area contributed by atoms with Crippen LogP contribution in [0.15, 0.2) is 28.7 Å². The summed E-state index contributed by atoms with van der Waals surface area (Å²) in [6, 6.07) is 7.57. The van der Waals surface area contributed by atoms with Gasteiger partial charge in [0.25, 0.3) is 0 Å². The number of hydrogen-bond donors (Lipinski definition) is 1. The SMILES string of the molecule is CNC(=O)Cn1nnc(-c2ccccc2Br)n1. The number of likely N-dealkylation sites (N-methyl/N-ethyl adjacent to an activating group) is 1. The molecule has 0 aliphatic carbocycles. The van der Waals surface area contributed by atoms with Crippen LogP contribution in [0, 0.1) is 0 Å². The zero-order chi connectivity index (χ0) is 12.3. The Morgan fingerprint density at radius 2 is 2.24 bits per heavy atom. The second-order valence-corrected chi connectivity index (χ2v) is 4.15. The Hall–Kier alpha value is -1.76. The van der Waals surface area contributed by atoms with Crippen LogP contribution in [0.2, 0.25) is 0 Å². The van der Waals surface area contributed by atoms with E-state index in [-0.39, 0.29) is 12.5 Å². The van der Waals surface area contributed by atoms with Crippen molar-refractivity contribution in [3.63, 3.8) is 0 Å². The van der Waals surface area contributed by atoms with Gasteiger partial charge in [0, 0.05) is 17.1 Å². The minimum absolute atomic E-state index is 0.0634. The number of benzene rings is 1. The minimum atomic E-state index is -0.166. The van der Waals surface area contributed by atoms with Crippen molar-refractivity contribution in [2.75, 3.05) is 7.05 Å². The van der Waals surface area contributed by atoms with Crippen molar-refractivity contribution in [3.05, 3.63) is 28.7 Å². The lowest BCUT2D eigenvalue weighted by Crippen LogP contribution is -2.24. The van der Waals surface area contributed by atoms with Crippen LogP contribution in [0.25, 0.3) is 11.4 Å². The Bertz CT molecular complexity index is 539. The number of carbonyl (C=O) groups excluding carboxylic acids is 1. The van der Waals surface area contributed by atoms with Gasteiger partial charge in [-0.25, -0.2) is 0 Å². The van der Waals surface area contributed by atoms with E-state index in [2.05, 4.69) is 36.7 Å². The smallest absolute Gasteiger partial charge is 0.243 e. The van der Waals surface area contributed by atoms with E-state index in [1.54, 1.807) is 7.05 Å². The fraction of sp³-hybridized carbons (Fsp3) is 0.200. The van der Waals surface area contributed by atoms with Crippen LogP contribution in [0.4, 0.5) is 0 Å². The molecule has 0 bridgehead atoms. The Kier molecular flexibility index (Phi) is 3.48. The Balaban J connectivity index is 2.24. The van der Waals surface area contributed by atoms with Crippen LogP contribution in [0.1, 0.15) is 0 Å². The molecular formula is C10H10BrN5O. The summed E-state index contributed by atoms with van der Waals surface area (Å²) >= 11 is 3.41. The molecule has 0 radical (unpaired) electrons. The molecule has 0 unspecified atom stereocenters. The Labute approximate surface area is 106 Å². The first kappa shape index (κ1) is 11.7. The number of nitrogens with one attached hydrogen (secondary N) is 1. The zero-order valence-electron chi connectivity index (χ0n) is 9.09. The number of hydrogen-bond acceptors (Lipinski definition) is 4. The van der Waals surface area contributed by atoms with Gasteiger partial charge in [-0.3, -0.25) is 4.79 Å². The van der Waals surface area contributed by atoms with E-state index in [1.807, 2.05) is 24.3 Å². The molecule has 0 spiro atoms. The normalized spacial score (nSPS) is 10.2. The first-order chi connectivity index (χ1) is 8.20. The average Bonchev–Trinajstić information content (AvgIpc) is 2.78. The molecule has 0 saturated heterocycles. The van der Waals surface area contributed by atoms with Gasteiger partial charge >= 0.3 is 0 Å². The predicted molar refractivity (Wildman–Crippen MR) is 65.0 cm³/mol. The maximum atomic E-state index is 11.1. The Morgan fingerprint density at radius 1 is 1.47 bits per heavy atom. The summed E-state index contributed by atoms with van der Waals surface area (Å²) in [6.45, 7) is 0.0634. The zero-order valence-corrected chi connectivity index (χ0v) is 10.7. The van der Waals surface area contributed by atoms with Gasteiger partial charge in [0.1, 0.15) is 6.54 Å². The van der Waals surface area contributed by atoms with Gasteiger partial charge in [-0.05, 0) is 17.3 Å². The number of nitrogens with zero attached hydrogens (tertiary/aromatic N) is 4. The molecule has 1 N–H and O–H groups in total. The molecule has 6 nitrogen and oxygen atoms in total. The molecule has 7 heteroatoms. The van der Waals surface area contributed by atoms with Crippen LogP contribution in [-0.2, 0) is 11.3 Å². The molecule has 0 saturated carbocycles. The van der Waals surface area contributed by atoms with Crippen molar-refractivity contribution in [1.82, 2.24) is 25.5 Å². The van der Waals surface area contributed by atoms with Crippen molar-refractivity contribution in [2.24, 2.45) is 0 Å². The van der Waals surface area contributed by atoms with Crippen LogP contribution in [0.5, 0.6) is 0 Å². The van der Waals surface area contributed by atoms with Gasteiger partial charge in [-0.15, -0.1) is 10.2 Å². The monoisotopic (exact) mass is 295 g/mol. The molecule has 2 aromatic rings. The van der Waals surface area contributed by atoms with Gasteiger partial charge in [0.05, 0.1) is 0 Å².